The molecule has 2 unspecified atom stereocenters. The third-order valence-corrected chi connectivity index (χ3v) is 8.66. The highest BCUT2D eigenvalue weighted by Crippen LogP contribution is 2.44. The Kier molecular flexibility index (Phi) is 7.01. The Morgan fingerprint density at radius 1 is 1.11 bits per heavy atom. The predicted molar refractivity (Wildman–Crippen MR) is 166 cm³/mol. The number of aromatic amines is 1. The maximum absolute atomic E-state index is 15.7. The van der Waals surface area contributed by atoms with Crippen LogP contribution >= 0.6 is 0 Å². The first-order valence-corrected chi connectivity index (χ1v) is 14.9. The number of H-pyrrole nitrogens is 1. The Hall–Kier alpha value is -4.83. The van der Waals surface area contributed by atoms with Gasteiger partial charge in [-0.3, -0.25) is 15.1 Å². The number of carbonyl (C=O) groups excluding carboxylic acids is 1. The molecule has 3 aliphatic heterocycles. The molecule has 0 aliphatic carbocycles. The number of aromatic nitrogens is 3. The number of nitrogens with zero attached hydrogens (tertiary/aromatic N) is 2. The number of halogens is 2. The number of carbonyl (C=O) groups is 1. The van der Waals surface area contributed by atoms with E-state index in [0.717, 1.165) is 46.5 Å². The van der Waals surface area contributed by atoms with Crippen molar-refractivity contribution in [1.82, 2.24) is 25.6 Å². The van der Waals surface area contributed by atoms with Crippen molar-refractivity contribution in [3.05, 3.63) is 113 Å². The van der Waals surface area contributed by atoms with Crippen molar-refractivity contribution in [1.29, 1.82) is 0 Å². The third-order valence-electron chi connectivity index (χ3n) is 8.66. The Morgan fingerprint density at radius 2 is 1.95 bits per heavy atom. The van der Waals surface area contributed by atoms with Crippen LogP contribution in [-0.4, -0.2) is 27.0 Å². The second kappa shape index (κ2) is 11.0. The summed E-state index contributed by atoms with van der Waals surface area (Å²) in [6.45, 7) is 4.62. The Labute approximate surface area is 254 Å². The molecule has 224 valence electrons. The number of hydrogen-bond donors (Lipinski definition) is 5. The molecule has 5 heterocycles. The van der Waals surface area contributed by atoms with Crippen molar-refractivity contribution >= 4 is 23.0 Å². The first-order valence-electron chi connectivity index (χ1n) is 14.9. The van der Waals surface area contributed by atoms with Crippen LogP contribution in [0.15, 0.2) is 72.8 Å². The molecule has 2 aromatic heterocycles. The molecule has 1 fully saturated rings. The lowest BCUT2D eigenvalue weighted by molar-refractivity contribution is -0.116. The van der Waals surface area contributed by atoms with Gasteiger partial charge in [-0.25, -0.2) is 13.8 Å². The summed E-state index contributed by atoms with van der Waals surface area (Å²) in [5, 5.41) is 13.0. The Bertz CT molecular complexity index is 1830. The van der Waals surface area contributed by atoms with Crippen molar-refractivity contribution in [2.75, 3.05) is 10.6 Å². The van der Waals surface area contributed by atoms with Crippen LogP contribution in [0.25, 0.3) is 16.7 Å². The summed E-state index contributed by atoms with van der Waals surface area (Å²) in [5.74, 6) is 0.580. The lowest BCUT2D eigenvalue weighted by Crippen LogP contribution is -2.23. The fourth-order valence-electron chi connectivity index (χ4n) is 6.14. The molecular weight excluding hydrogens is 560 g/mol. The minimum Gasteiger partial charge on any atom is -0.365 e. The lowest BCUT2D eigenvalue weighted by atomic mass is 9.77. The minimum absolute atomic E-state index is 0.0477. The van der Waals surface area contributed by atoms with Gasteiger partial charge in [0.15, 0.2) is 5.82 Å². The molecule has 8 nitrogen and oxygen atoms in total. The molecule has 5 N–H and O–H groups in total. The molecule has 0 radical (unpaired) electrons. The van der Waals surface area contributed by atoms with Gasteiger partial charge in [0.2, 0.25) is 5.91 Å². The minimum atomic E-state index is -0.497. The number of unbranched alkanes of at least 4 members (excludes halogenated alkanes) is 1. The molecule has 3 aliphatic rings. The number of amides is 1. The van der Waals surface area contributed by atoms with Gasteiger partial charge >= 0.3 is 0 Å². The summed E-state index contributed by atoms with van der Waals surface area (Å²) in [6, 6.07) is 11.7. The van der Waals surface area contributed by atoms with E-state index >= 15 is 4.39 Å². The van der Waals surface area contributed by atoms with Crippen molar-refractivity contribution in [2.45, 2.75) is 57.7 Å². The van der Waals surface area contributed by atoms with Crippen LogP contribution in [0.2, 0.25) is 0 Å². The SMILES string of the molecule is CCCCC(=O)Nc1cncc(-c2cc3c(cc2F)CNC2NC2=C3c2nc3c([nH]2)C(C)(c2ccc(F)cc2)CC=CN3)c1. The topological polar surface area (TPSA) is 117 Å². The van der Waals surface area contributed by atoms with E-state index in [1.165, 1.54) is 12.1 Å². The van der Waals surface area contributed by atoms with Gasteiger partial charge < -0.3 is 20.9 Å². The average molecular weight is 594 g/mol. The standard InChI is InChI=1S/C34H33F2N7O/c1-3-4-6-27(44)40-23-13-19(16-37-18-23)24-15-25-20(14-26(24)36)17-39-32-29(41-32)28(25)31-42-30-33(43-31)38-12-5-11-34(30,2)21-7-9-22(35)10-8-21/h5,7-10,12-16,18,32,38-39,41H,3-4,6,11,17H2,1-2H3,(H,40,44)(H,42,43). The molecule has 0 saturated carbocycles. The van der Waals surface area contributed by atoms with E-state index in [0.29, 0.717) is 47.8 Å². The molecule has 0 spiro atoms. The van der Waals surface area contributed by atoms with Gasteiger partial charge in [-0.2, -0.15) is 0 Å². The zero-order valence-electron chi connectivity index (χ0n) is 24.5. The third kappa shape index (κ3) is 5.05. The predicted octanol–water partition coefficient (Wildman–Crippen LogP) is 6.31. The normalized spacial score (nSPS) is 20.0. The number of rotatable bonds is 7. The number of hydrogen-bond acceptors (Lipinski definition) is 6. The Morgan fingerprint density at radius 3 is 2.77 bits per heavy atom. The summed E-state index contributed by atoms with van der Waals surface area (Å²) < 4.78 is 29.5. The van der Waals surface area contributed by atoms with Crippen LogP contribution < -0.4 is 21.3 Å². The van der Waals surface area contributed by atoms with Crippen molar-refractivity contribution in [3.63, 3.8) is 0 Å². The molecule has 44 heavy (non-hydrogen) atoms. The largest absolute Gasteiger partial charge is 0.365 e. The quantitative estimate of drug-likeness (QED) is 0.161. The van der Waals surface area contributed by atoms with E-state index in [2.05, 4.69) is 38.2 Å². The molecule has 1 saturated heterocycles. The first kappa shape index (κ1) is 28.0. The molecule has 1 amide bonds. The van der Waals surface area contributed by atoms with E-state index in [-0.39, 0.29) is 23.7 Å². The van der Waals surface area contributed by atoms with Crippen LogP contribution in [-0.2, 0) is 16.8 Å². The molecule has 7 rings (SSSR count). The van der Waals surface area contributed by atoms with Crippen LogP contribution in [0.1, 0.15) is 67.7 Å². The maximum atomic E-state index is 15.7. The average Bonchev–Trinajstić information content (AvgIpc) is 3.71. The van der Waals surface area contributed by atoms with E-state index in [9.17, 15) is 9.18 Å². The first-order chi connectivity index (χ1) is 21.3. The van der Waals surface area contributed by atoms with Gasteiger partial charge in [0, 0.05) is 41.3 Å². The number of nitrogens with one attached hydrogen (secondary N) is 5. The van der Waals surface area contributed by atoms with Crippen LogP contribution in [0, 0.1) is 11.6 Å². The van der Waals surface area contributed by atoms with Gasteiger partial charge in [0.25, 0.3) is 0 Å². The second-order valence-corrected chi connectivity index (χ2v) is 11.7. The van der Waals surface area contributed by atoms with Gasteiger partial charge in [-0.15, -0.1) is 0 Å². The fourth-order valence-corrected chi connectivity index (χ4v) is 6.14. The van der Waals surface area contributed by atoms with Gasteiger partial charge in [-0.05, 0) is 73.0 Å². The van der Waals surface area contributed by atoms with E-state index in [1.54, 1.807) is 24.5 Å². The fraction of sp³-hybridized carbons (Fsp3) is 0.265. The second-order valence-electron chi connectivity index (χ2n) is 11.7. The molecule has 4 aromatic rings. The number of allylic oxidation sites excluding steroid dienone is 1. The number of imidazole rings is 1. The molecular formula is C34H33F2N7O. The zero-order valence-corrected chi connectivity index (χ0v) is 24.5. The van der Waals surface area contributed by atoms with Crippen molar-refractivity contribution in [2.24, 2.45) is 0 Å². The highest BCUT2D eigenvalue weighted by molar-refractivity contribution is 5.91. The number of anilines is 2. The van der Waals surface area contributed by atoms with Crippen LogP contribution in [0.5, 0.6) is 0 Å². The van der Waals surface area contributed by atoms with E-state index in [4.69, 9.17) is 4.98 Å². The van der Waals surface area contributed by atoms with Crippen LogP contribution in [0.4, 0.5) is 20.3 Å². The van der Waals surface area contributed by atoms with Gasteiger partial charge in [0.1, 0.15) is 23.6 Å². The number of fused-ring (bicyclic) bond motifs is 3. The Balaban J connectivity index is 1.30. The summed E-state index contributed by atoms with van der Waals surface area (Å²) in [7, 11) is 0. The lowest BCUT2D eigenvalue weighted by Gasteiger charge is -2.28. The van der Waals surface area contributed by atoms with Crippen LogP contribution in [0.3, 0.4) is 0 Å². The van der Waals surface area contributed by atoms with E-state index in [1.807, 2.05) is 37.4 Å². The number of benzene rings is 2. The molecule has 10 heteroatoms. The molecule has 0 bridgehead atoms. The summed E-state index contributed by atoms with van der Waals surface area (Å²) in [5.41, 5.74) is 6.29. The molecule has 2 atom stereocenters. The van der Waals surface area contributed by atoms with Gasteiger partial charge in [-0.1, -0.05) is 31.6 Å². The maximum Gasteiger partial charge on any atom is 0.224 e. The highest BCUT2D eigenvalue weighted by atomic mass is 19.1. The monoisotopic (exact) mass is 593 g/mol. The summed E-state index contributed by atoms with van der Waals surface area (Å²) in [4.78, 5) is 25.3. The highest BCUT2D eigenvalue weighted by Gasteiger charge is 2.40. The van der Waals surface area contributed by atoms with Gasteiger partial charge in [0.05, 0.1) is 23.3 Å². The summed E-state index contributed by atoms with van der Waals surface area (Å²) in [6.07, 6.45) is 9.87. The van der Waals surface area contributed by atoms with Crippen molar-refractivity contribution < 1.29 is 13.6 Å². The van der Waals surface area contributed by atoms with Crippen molar-refractivity contribution in [3.8, 4) is 11.1 Å². The number of pyridine rings is 1. The molecule has 2 aromatic carbocycles. The summed E-state index contributed by atoms with van der Waals surface area (Å²) >= 11 is 0. The zero-order chi connectivity index (χ0) is 30.4. The smallest absolute Gasteiger partial charge is 0.224 e. The van der Waals surface area contributed by atoms with E-state index < -0.39 is 5.41 Å².